The predicted octanol–water partition coefficient (Wildman–Crippen LogP) is 3.66. The molecule has 0 bridgehead atoms. The van der Waals surface area contributed by atoms with E-state index in [9.17, 15) is 4.79 Å². The summed E-state index contributed by atoms with van der Waals surface area (Å²) < 4.78 is 5.18. The van der Waals surface area contributed by atoms with Gasteiger partial charge in [0.05, 0.1) is 6.66 Å². The summed E-state index contributed by atoms with van der Waals surface area (Å²) in [6, 6.07) is 0. The zero-order chi connectivity index (χ0) is 14.5. The number of nitrogens with zero attached hydrogens (tertiary/aromatic N) is 2. The molecule has 0 radical (unpaired) electrons. The summed E-state index contributed by atoms with van der Waals surface area (Å²) in [6.07, 6.45) is 4.25. The average molecular weight is 287 g/mol. The Balaban J connectivity index is 3.12. The van der Waals surface area contributed by atoms with Crippen LogP contribution in [0.15, 0.2) is 0 Å². The van der Waals surface area contributed by atoms with Crippen molar-refractivity contribution in [3.63, 3.8) is 0 Å². The third-order valence-electron chi connectivity index (χ3n) is 4.72. The van der Waals surface area contributed by atoms with Gasteiger partial charge in [0.2, 0.25) is 0 Å². The normalized spacial score (nSPS) is 21.4. The lowest BCUT2D eigenvalue weighted by Crippen LogP contribution is -2.45. The first-order valence-electron chi connectivity index (χ1n) is 7.95. The quantitative estimate of drug-likeness (QED) is 0.668. The Kier molecular flexibility index (Phi) is 6.93. The average Bonchev–Trinajstić information content (AvgIpc) is 2.41. The van der Waals surface area contributed by atoms with Crippen LogP contribution in [0.4, 0.5) is 0 Å². The largest absolute Gasteiger partial charge is 0.295 e. The maximum absolute atomic E-state index is 12.5. The maximum atomic E-state index is 12.5. The molecule has 4 heteroatoms. The fraction of sp³-hybridized carbons (Fsp3) is 0.933. The molecule has 0 aromatic heterocycles. The number of rotatable bonds is 7. The molecule has 1 saturated carbocycles. The topological polar surface area (TPSA) is 23.6 Å². The van der Waals surface area contributed by atoms with Gasteiger partial charge in [-0.05, 0) is 47.0 Å². The zero-order valence-corrected chi connectivity index (χ0v) is 14.4. The predicted molar refractivity (Wildman–Crippen MR) is 85.9 cm³/mol. The van der Waals surface area contributed by atoms with Crippen molar-refractivity contribution in [2.24, 2.45) is 0 Å². The van der Waals surface area contributed by atoms with Crippen LogP contribution in [-0.4, -0.2) is 53.6 Å². The molecule has 112 valence electrons. The van der Waals surface area contributed by atoms with Crippen LogP contribution in [0, 0.1) is 0 Å². The summed E-state index contributed by atoms with van der Waals surface area (Å²) in [5.74, 6) is 0.529. The minimum atomic E-state index is -1.50. The summed E-state index contributed by atoms with van der Waals surface area (Å²) in [5.41, 5.74) is 0.293. The number of hydrogen-bond donors (Lipinski definition) is 0. The van der Waals surface area contributed by atoms with E-state index in [4.69, 9.17) is 0 Å². The van der Waals surface area contributed by atoms with Gasteiger partial charge in [-0.25, -0.2) is 0 Å². The minimum Gasteiger partial charge on any atom is -0.295 e. The molecule has 1 rings (SSSR count). The first-order chi connectivity index (χ1) is 9.05. The van der Waals surface area contributed by atoms with Gasteiger partial charge >= 0.3 is 0 Å². The van der Waals surface area contributed by atoms with Crippen LogP contribution >= 0.6 is 7.56 Å². The van der Waals surface area contributed by atoms with Crippen molar-refractivity contribution < 1.29 is 4.79 Å². The lowest BCUT2D eigenvalue weighted by Gasteiger charge is -2.44. The monoisotopic (exact) mass is 287 g/mol. The second-order valence-electron chi connectivity index (χ2n) is 5.48. The summed E-state index contributed by atoms with van der Waals surface area (Å²) in [5, 5.41) is 0. The van der Waals surface area contributed by atoms with Crippen LogP contribution in [-0.2, 0) is 4.79 Å². The van der Waals surface area contributed by atoms with E-state index in [0.717, 1.165) is 45.4 Å². The standard InChI is InChI=1S/C15H32N2OP/c1-6-16(7-2)19(5,17(8-3)9-4)15-13-11-10-12-14(15)18/h15H,6-13H2,1-5H3/q+1/t15-/m1/s1. The van der Waals surface area contributed by atoms with Gasteiger partial charge in [0.25, 0.3) is 0 Å². The molecule has 1 atom stereocenters. The Bertz CT molecular complexity index is 276. The van der Waals surface area contributed by atoms with Crippen LogP contribution in [0.5, 0.6) is 0 Å². The Hall–Kier alpha value is 0.0200. The number of carbonyl (C=O) groups is 1. The molecule has 0 aromatic carbocycles. The highest BCUT2D eigenvalue weighted by Crippen LogP contribution is 2.67. The molecule has 1 fully saturated rings. The summed E-state index contributed by atoms with van der Waals surface area (Å²) in [6.45, 7) is 15.6. The first-order valence-corrected chi connectivity index (χ1v) is 10.2. The molecule has 0 spiro atoms. The van der Waals surface area contributed by atoms with Crippen LogP contribution in [0.3, 0.4) is 0 Å². The van der Waals surface area contributed by atoms with Gasteiger partial charge in [-0.1, -0.05) is 0 Å². The van der Waals surface area contributed by atoms with Crippen molar-refractivity contribution in [2.75, 3.05) is 32.8 Å². The van der Waals surface area contributed by atoms with Crippen LogP contribution in [0.25, 0.3) is 0 Å². The van der Waals surface area contributed by atoms with E-state index in [2.05, 4.69) is 43.7 Å². The smallest absolute Gasteiger partial charge is 0.176 e. The molecule has 19 heavy (non-hydrogen) atoms. The second-order valence-corrected chi connectivity index (χ2v) is 9.20. The molecular weight excluding hydrogens is 255 g/mol. The molecule has 3 nitrogen and oxygen atoms in total. The van der Waals surface area contributed by atoms with E-state index in [-0.39, 0.29) is 0 Å². The van der Waals surface area contributed by atoms with Gasteiger partial charge in [0, 0.05) is 32.6 Å². The van der Waals surface area contributed by atoms with E-state index in [1.54, 1.807) is 0 Å². The van der Waals surface area contributed by atoms with Crippen molar-refractivity contribution in [3.8, 4) is 0 Å². The van der Waals surface area contributed by atoms with E-state index < -0.39 is 7.56 Å². The Labute approximate surface area is 120 Å². The molecule has 0 heterocycles. The van der Waals surface area contributed by atoms with E-state index in [0.29, 0.717) is 11.4 Å². The molecule has 0 amide bonds. The maximum Gasteiger partial charge on any atom is 0.176 e. The fourth-order valence-corrected chi connectivity index (χ4v) is 8.43. The van der Waals surface area contributed by atoms with Crippen LogP contribution in [0.2, 0.25) is 0 Å². The zero-order valence-electron chi connectivity index (χ0n) is 13.5. The van der Waals surface area contributed by atoms with Crippen molar-refractivity contribution in [1.29, 1.82) is 0 Å². The SMILES string of the molecule is CCN(CC)[P+](C)([C@@H]1CCCCC1=O)N(CC)CC. The van der Waals surface area contributed by atoms with Crippen molar-refractivity contribution in [1.82, 2.24) is 9.34 Å². The Morgan fingerprint density at radius 1 is 1.00 bits per heavy atom. The summed E-state index contributed by atoms with van der Waals surface area (Å²) >= 11 is 0. The van der Waals surface area contributed by atoms with Gasteiger partial charge < -0.3 is 0 Å². The lowest BCUT2D eigenvalue weighted by atomic mass is 9.99. The highest BCUT2D eigenvalue weighted by atomic mass is 31.2. The highest BCUT2D eigenvalue weighted by molar-refractivity contribution is 7.72. The molecule has 0 aliphatic heterocycles. The number of hydrogen-bond acceptors (Lipinski definition) is 3. The molecule has 1 aliphatic rings. The van der Waals surface area contributed by atoms with E-state index in [1.165, 1.54) is 6.42 Å². The molecule has 1 aliphatic carbocycles. The highest BCUT2D eigenvalue weighted by Gasteiger charge is 2.54. The van der Waals surface area contributed by atoms with Gasteiger partial charge in [-0.3, -0.25) is 4.79 Å². The minimum absolute atomic E-state index is 0.293. The molecule has 0 N–H and O–H groups in total. The van der Waals surface area contributed by atoms with Gasteiger partial charge in [0.1, 0.15) is 0 Å². The number of ketones is 1. The molecular formula is C15H32N2OP+. The fourth-order valence-electron chi connectivity index (χ4n) is 3.65. The van der Waals surface area contributed by atoms with Gasteiger partial charge in [-0.2, -0.15) is 9.34 Å². The first kappa shape index (κ1) is 17.1. The van der Waals surface area contributed by atoms with Crippen molar-refractivity contribution in [2.45, 2.75) is 59.0 Å². The Morgan fingerprint density at radius 2 is 1.47 bits per heavy atom. The van der Waals surface area contributed by atoms with Crippen molar-refractivity contribution in [3.05, 3.63) is 0 Å². The van der Waals surface area contributed by atoms with Gasteiger partial charge in [-0.15, -0.1) is 0 Å². The summed E-state index contributed by atoms with van der Waals surface area (Å²) in [7, 11) is -1.50. The number of carbonyl (C=O) groups excluding carboxylic acids is 1. The van der Waals surface area contributed by atoms with Crippen LogP contribution in [0.1, 0.15) is 53.4 Å². The summed E-state index contributed by atoms with van der Waals surface area (Å²) in [4.78, 5) is 12.5. The van der Waals surface area contributed by atoms with Crippen LogP contribution < -0.4 is 0 Å². The third-order valence-corrected chi connectivity index (χ3v) is 9.87. The van der Waals surface area contributed by atoms with E-state index in [1.807, 2.05) is 0 Å². The van der Waals surface area contributed by atoms with E-state index >= 15 is 0 Å². The lowest BCUT2D eigenvalue weighted by molar-refractivity contribution is -0.120. The number of Topliss-reactive ketones (excluding diaryl/α,β-unsaturated/α-hetero) is 1. The van der Waals surface area contributed by atoms with Crippen molar-refractivity contribution >= 4 is 13.3 Å². The van der Waals surface area contributed by atoms with Gasteiger partial charge in [0.15, 0.2) is 19.0 Å². The molecule has 0 aromatic rings. The second kappa shape index (κ2) is 7.71. The Morgan fingerprint density at radius 3 is 1.84 bits per heavy atom. The third kappa shape index (κ3) is 3.37. The molecule has 0 unspecified atom stereocenters. The molecule has 0 saturated heterocycles.